The van der Waals surface area contributed by atoms with Gasteiger partial charge in [0.15, 0.2) is 17.3 Å². The Bertz CT molecular complexity index is 764. The number of carbonyl (C=O) groups excluding carboxylic acids is 1. The van der Waals surface area contributed by atoms with Crippen LogP contribution in [0.15, 0.2) is 12.1 Å². The van der Waals surface area contributed by atoms with E-state index in [4.69, 9.17) is 14.2 Å². The summed E-state index contributed by atoms with van der Waals surface area (Å²) in [5, 5.41) is 11.8. The fraction of sp³-hybridized carbons (Fsp3) is 0.353. The van der Waals surface area contributed by atoms with E-state index in [1.54, 1.807) is 20.3 Å². The number of fused-ring (bicyclic) bond motifs is 2. The number of benzene rings is 2. The number of hydrogen-bond donors (Lipinski definition) is 1. The van der Waals surface area contributed by atoms with Gasteiger partial charge in [-0.1, -0.05) is 0 Å². The number of ketones is 1. The molecule has 0 fully saturated rings. The Labute approximate surface area is 128 Å². The van der Waals surface area contributed by atoms with E-state index < -0.39 is 0 Å². The molecule has 5 nitrogen and oxygen atoms in total. The van der Waals surface area contributed by atoms with Crippen molar-refractivity contribution in [2.24, 2.45) is 0 Å². The van der Waals surface area contributed by atoms with E-state index in [9.17, 15) is 9.90 Å². The lowest BCUT2D eigenvalue weighted by Crippen LogP contribution is -2.11. The lowest BCUT2D eigenvalue weighted by molar-refractivity contribution is 0.0970. The third kappa shape index (κ3) is 1.96. The van der Waals surface area contributed by atoms with Gasteiger partial charge in [-0.3, -0.25) is 4.79 Å². The van der Waals surface area contributed by atoms with Crippen LogP contribution in [0.2, 0.25) is 0 Å². The Balaban J connectivity index is 2.46. The summed E-state index contributed by atoms with van der Waals surface area (Å²) in [6.45, 7) is 0. The molecule has 0 unspecified atom stereocenters. The first-order valence-corrected chi connectivity index (χ1v) is 7.13. The van der Waals surface area contributed by atoms with E-state index >= 15 is 0 Å². The van der Waals surface area contributed by atoms with Crippen LogP contribution in [0.5, 0.6) is 23.0 Å². The molecule has 0 atom stereocenters. The van der Waals surface area contributed by atoms with E-state index in [1.165, 1.54) is 7.11 Å². The molecular weight excluding hydrogens is 284 g/mol. The number of phenolic OH excluding ortho intramolecular Hbond substituents is 1. The minimum atomic E-state index is -0.0324. The smallest absolute Gasteiger partial charge is 0.168 e. The quantitative estimate of drug-likeness (QED) is 0.944. The van der Waals surface area contributed by atoms with Crippen molar-refractivity contribution in [2.45, 2.75) is 19.3 Å². The Morgan fingerprint density at radius 3 is 2.36 bits per heavy atom. The molecular formula is C17H18O5. The Morgan fingerprint density at radius 1 is 1.00 bits per heavy atom. The summed E-state index contributed by atoms with van der Waals surface area (Å²) in [4.78, 5) is 12.2. The summed E-state index contributed by atoms with van der Waals surface area (Å²) in [7, 11) is 4.61. The molecule has 0 saturated carbocycles. The van der Waals surface area contributed by atoms with E-state index in [-0.39, 0.29) is 11.5 Å². The summed E-state index contributed by atoms with van der Waals surface area (Å²) < 4.78 is 16.2. The van der Waals surface area contributed by atoms with Crippen molar-refractivity contribution >= 4 is 16.6 Å². The summed E-state index contributed by atoms with van der Waals surface area (Å²) in [6.07, 6.45) is 2.01. The minimum Gasteiger partial charge on any atom is -0.506 e. The average molecular weight is 302 g/mol. The van der Waals surface area contributed by atoms with Gasteiger partial charge in [0.2, 0.25) is 0 Å². The molecule has 2 aromatic carbocycles. The van der Waals surface area contributed by atoms with Crippen LogP contribution in [0.3, 0.4) is 0 Å². The highest BCUT2D eigenvalue weighted by Gasteiger charge is 2.27. The highest BCUT2D eigenvalue weighted by Crippen LogP contribution is 2.48. The summed E-state index contributed by atoms with van der Waals surface area (Å²) in [5.74, 6) is 1.43. The molecule has 2 aromatic rings. The van der Waals surface area contributed by atoms with Gasteiger partial charge in [-0.15, -0.1) is 0 Å². The zero-order valence-electron chi connectivity index (χ0n) is 12.9. The molecule has 5 heteroatoms. The van der Waals surface area contributed by atoms with Crippen molar-refractivity contribution in [1.82, 2.24) is 0 Å². The van der Waals surface area contributed by atoms with Crippen molar-refractivity contribution < 1.29 is 24.1 Å². The molecule has 1 N–H and O–H groups in total. The largest absolute Gasteiger partial charge is 0.506 e. The maximum absolute atomic E-state index is 12.2. The van der Waals surface area contributed by atoms with Gasteiger partial charge in [-0.05, 0) is 24.5 Å². The normalized spacial score (nSPS) is 13.9. The van der Waals surface area contributed by atoms with E-state index in [0.717, 1.165) is 18.4 Å². The number of aryl methyl sites for hydroxylation is 1. The molecule has 0 heterocycles. The average Bonchev–Trinajstić information content (AvgIpc) is 2.53. The van der Waals surface area contributed by atoms with Crippen molar-refractivity contribution in [1.29, 1.82) is 0 Å². The second-order valence-electron chi connectivity index (χ2n) is 5.27. The van der Waals surface area contributed by atoms with Crippen molar-refractivity contribution in [3.8, 4) is 23.0 Å². The first-order valence-electron chi connectivity index (χ1n) is 7.13. The van der Waals surface area contributed by atoms with Gasteiger partial charge >= 0.3 is 0 Å². The van der Waals surface area contributed by atoms with Gasteiger partial charge < -0.3 is 19.3 Å². The monoisotopic (exact) mass is 302 g/mol. The zero-order valence-corrected chi connectivity index (χ0v) is 12.9. The first-order chi connectivity index (χ1) is 10.6. The van der Waals surface area contributed by atoms with Crippen molar-refractivity contribution in [3.05, 3.63) is 23.3 Å². The maximum Gasteiger partial charge on any atom is 0.168 e. The second kappa shape index (κ2) is 5.40. The summed E-state index contributed by atoms with van der Waals surface area (Å²) in [5.41, 5.74) is 1.25. The first kappa shape index (κ1) is 14.5. The number of methoxy groups -OCH3 is 3. The molecule has 22 heavy (non-hydrogen) atoms. The van der Waals surface area contributed by atoms with Gasteiger partial charge in [-0.25, -0.2) is 0 Å². The number of hydrogen-bond acceptors (Lipinski definition) is 5. The van der Waals surface area contributed by atoms with Gasteiger partial charge in [0.25, 0.3) is 0 Å². The van der Waals surface area contributed by atoms with Gasteiger partial charge in [-0.2, -0.15) is 0 Å². The molecule has 0 amide bonds. The molecule has 0 spiro atoms. The molecule has 0 radical (unpaired) electrons. The molecule has 0 aliphatic heterocycles. The van der Waals surface area contributed by atoms with Crippen molar-refractivity contribution in [3.63, 3.8) is 0 Å². The van der Waals surface area contributed by atoms with Crippen molar-refractivity contribution in [2.75, 3.05) is 21.3 Å². The molecule has 1 aliphatic carbocycles. The predicted octanol–water partition coefficient (Wildman–Crippen LogP) is 3.09. The molecule has 1 aliphatic rings. The van der Waals surface area contributed by atoms with Gasteiger partial charge in [0, 0.05) is 17.9 Å². The molecule has 3 rings (SSSR count). The highest BCUT2D eigenvalue weighted by atomic mass is 16.5. The third-order valence-corrected chi connectivity index (χ3v) is 4.13. The molecule has 116 valence electrons. The van der Waals surface area contributed by atoms with Gasteiger partial charge in [0.1, 0.15) is 11.5 Å². The number of phenols is 1. The topological polar surface area (TPSA) is 65.0 Å². The summed E-state index contributed by atoms with van der Waals surface area (Å²) in [6, 6.07) is 3.55. The number of carbonyl (C=O) groups is 1. The summed E-state index contributed by atoms with van der Waals surface area (Å²) >= 11 is 0. The maximum atomic E-state index is 12.2. The lowest BCUT2D eigenvalue weighted by Gasteiger charge is -2.21. The fourth-order valence-electron chi connectivity index (χ4n) is 3.14. The van der Waals surface area contributed by atoms with E-state index in [2.05, 4.69) is 0 Å². The van der Waals surface area contributed by atoms with Crippen LogP contribution in [0.4, 0.5) is 0 Å². The predicted molar refractivity (Wildman–Crippen MR) is 82.5 cm³/mol. The van der Waals surface area contributed by atoms with Crippen LogP contribution in [0.1, 0.15) is 28.8 Å². The molecule has 0 bridgehead atoms. The number of Topliss-reactive ketones (excluding diaryl/α,β-unsaturated/α-hetero) is 1. The molecule has 0 aromatic heterocycles. The van der Waals surface area contributed by atoms with Crippen LogP contribution in [-0.4, -0.2) is 32.2 Å². The van der Waals surface area contributed by atoms with Gasteiger partial charge in [0.05, 0.1) is 32.3 Å². The SMILES string of the molecule is COc1cc(OC)c2c(O)c3c(cc2c1OC)CCCC3=O. The van der Waals surface area contributed by atoms with Crippen LogP contribution >= 0.6 is 0 Å². The van der Waals surface area contributed by atoms with E-state index in [1.807, 2.05) is 6.07 Å². The van der Waals surface area contributed by atoms with Crippen LogP contribution < -0.4 is 14.2 Å². The third-order valence-electron chi connectivity index (χ3n) is 4.13. The Kier molecular flexibility index (Phi) is 3.56. The second-order valence-corrected chi connectivity index (χ2v) is 5.27. The lowest BCUT2D eigenvalue weighted by atomic mass is 9.87. The van der Waals surface area contributed by atoms with Crippen LogP contribution in [-0.2, 0) is 6.42 Å². The van der Waals surface area contributed by atoms with Crippen LogP contribution in [0.25, 0.3) is 10.8 Å². The number of aromatic hydroxyl groups is 1. The number of ether oxygens (including phenoxy) is 3. The Hall–Kier alpha value is -2.43. The molecule has 0 saturated heterocycles. The van der Waals surface area contributed by atoms with E-state index in [0.29, 0.717) is 40.0 Å². The highest BCUT2D eigenvalue weighted by molar-refractivity contribution is 6.10. The Morgan fingerprint density at radius 2 is 1.73 bits per heavy atom. The minimum absolute atomic E-state index is 0.0301. The van der Waals surface area contributed by atoms with Crippen LogP contribution in [0, 0.1) is 0 Å². The zero-order chi connectivity index (χ0) is 15.9. The standard InChI is InChI=1S/C17H18O5/c1-20-12-8-13(21-2)17(22-3)10-7-9-5-4-6-11(18)14(9)16(19)15(10)12/h7-8,19H,4-6H2,1-3H3. The number of rotatable bonds is 3. The fourth-order valence-corrected chi connectivity index (χ4v) is 3.14.